The van der Waals surface area contributed by atoms with Crippen molar-refractivity contribution in [2.24, 2.45) is 0 Å². The van der Waals surface area contributed by atoms with E-state index in [1.165, 1.54) is 37.1 Å². The molecule has 2 rings (SSSR count). The number of amides is 1. The molecule has 22 heavy (non-hydrogen) atoms. The van der Waals surface area contributed by atoms with Crippen molar-refractivity contribution in [1.82, 2.24) is 10.2 Å². The van der Waals surface area contributed by atoms with E-state index in [9.17, 15) is 14.0 Å². The van der Waals surface area contributed by atoms with E-state index in [2.05, 4.69) is 17.1 Å². The fourth-order valence-electron chi connectivity index (χ4n) is 2.67. The highest BCUT2D eigenvalue weighted by molar-refractivity contribution is 5.97. The second-order valence-electron chi connectivity index (χ2n) is 5.83. The molecule has 1 fully saturated rings. The van der Waals surface area contributed by atoms with Crippen LogP contribution in [0.2, 0.25) is 0 Å². The molecule has 1 aromatic rings. The molecular weight excluding hydrogens is 283 g/mol. The fourth-order valence-corrected chi connectivity index (χ4v) is 2.67. The van der Waals surface area contributed by atoms with Gasteiger partial charge in [0, 0.05) is 31.0 Å². The van der Waals surface area contributed by atoms with Crippen LogP contribution >= 0.6 is 0 Å². The second-order valence-corrected chi connectivity index (χ2v) is 5.83. The molecule has 5 heteroatoms. The average Bonchev–Trinajstić information content (AvgIpc) is 3.05. The van der Waals surface area contributed by atoms with E-state index in [0.717, 1.165) is 13.1 Å². The first kappa shape index (κ1) is 16.6. The largest absolute Gasteiger partial charge is 0.355 e. The number of carbonyl (C=O) groups is 2. The van der Waals surface area contributed by atoms with Gasteiger partial charge < -0.3 is 5.32 Å². The summed E-state index contributed by atoms with van der Waals surface area (Å²) in [6.07, 6.45) is 2.77. The lowest BCUT2D eigenvalue weighted by Crippen LogP contribution is -2.40. The number of rotatable bonds is 7. The van der Waals surface area contributed by atoms with Crippen molar-refractivity contribution in [1.29, 1.82) is 0 Å². The third-order valence-electron chi connectivity index (χ3n) is 4.10. The minimum Gasteiger partial charge on any atom is -0.355 e. The van der Waals surface area contributed by atoms with Crippen LogP contribution in [0.15, 0.2) is 24.3 Å². The van der Waals surface area contributed by atoms with Crippen LogP contribution in [0.25, 0.3) is 0 Å². The molecule has 1 aliphatic heterocycles. The number of hydrogen-bond donors (Lipinski definition) is 1. The summed E-state index contributed by atoms with van der Waals surface area (Å²) in [7, 11) is 0. The van der Waals surface area contributed by atoms with Crippen molar-refractivity contribution < 1.29 is 14.0 Å². The van der Waals surface area contributed by atoms with E-state index >= 15 is 0 Å². The number of Topliss-reactive ketones (excluding diaryl/α,β-unsaturated/α-hetero) is 1. The van der Waals surface area contributed by atoms with Crippen LogP contribution < -0.4 is 5.32 Å². The Balaban J connectivity index is 1.68. The molecular formula is C17H23FN2O2. The van der Waals surface area contributed by atoms with Crippen LogP contribution in [0.4, 0.5) is 4.39 Å². The Morgan fingerprint density at radius 3 is 2.45 bits per heavy atom. The first-order valence-corrected chi connectivity index (χ1v) is 7.86. The standard InChI is InChI=1S/C17H23FN2O2/c1-13(20-10-2-3-11-20)12-19-17(22)9-8-16(21)14-4-6-15(18)7-5-14/h4-7,13H,2-3,8-12H2,1H3,(H,19,22). The lowest BCUT2D eigenvalue weighted by Gasteiger charge is -2.23. The highest BCUT2D eigenvalue weighted by atomic mass is 19.1. The lowest BCUT2D eigenvalue weighted by atomic mass is 10.1. The Morgan fingerprint density at radius 1 is 1.18 bits per heavy atom. The first-order chi connectivity index (χ1) is 10.6. The van der Waals surface area contributed by atoms with E-state index in [1.807, 2.05) is 0 Å². The van der Waals surface area contributed by atoms with E-state index in [0.29, 0.717) is 18.2 Å². The lowest BCUT2D eigenvalue weighted by molar-refractivity contribution is -0.121. The maximum absolute atomic E-state index is 12.8. The maximum atomic E-state index is 12.8. The fraction of sp³-hybridized carbons (Fsp3) is 0.529. The zero-order chi connectivity index (χ0) is 15.9. The summed E-state index contributed by atoms with van der Waals surface area (Å²) in [5.41, 5.74) is 0.444. The number of hydrogen-bond acceptors (Lipinski definition) is 3. The summed E-state index contributed by atoms with van der Waals surface area (Å²) in [5.74, 6) is -0.616. The van der Waals surface area contributed by atoms with Gasteiger partial charge >= 0.3 is 0 Å². The Kier molecular flexibility index (Phi) is 6.07. The van der Waals surface area contributed by atoms with Crippen molar-refractivity contribution in [3.63, 3.8) is 0 Å². The summed E-state index contributed by atoms with van der Waals surface area (Å²) in [6.45, 7) is 4.92. The van der Waals surface area contributed by atoms with Gasteiger partial charge in [-0.25, -0.2) is 4.39 Å². The van der Waals surface area contributed by atoms with Gasteiger partial charge in [-0.05, 0) is 57.1 Å². The molecule has 4 nitrogen and oxygen atoms in total. The molecule has 0 bridgehead atoms. The number of ketones is 1. The summed E-state index contributed by atoms with van der Waals surface area (Å²) >= 11 is 0. The minimum atomic E-state index is -0.370. The summed E-state index contributed by atoms with van der Waals surface area (Å²) in [5, 5.41) is 2.88. The Bertz CT molecular complexity index is 510. The summed E-state index contributed by atoms with van der Waals surface area (Å²) < 4.78 is 12.8. The SMILES string of the molecule is CC(CNC(=O)CCC(=O)c1ccc(F)cc1)N1CCCC1. The van der Waals surface area contributed by atoms with Crippen LogP contribution in [-0.2, 0) is 4.79 Å². The topological polar surface area (TPSA) is 49.4 Å². The third kappa shape index (κ3) is 4.91. The van der Waals surface area contributed by atoms with Gasteiger partial charge in [-0.1, -0.05) is 0 Å². The maximum Gasteiger partial charge on any atom is 0.220 e. The number of nitrogens with zero attached hydrogens (tertiary/aromatic N) is 1. The second kappa shape index (κ2) is 8.03. The average molecular weight is 306 g/mol. The highest BCUT2D eigenvalue weighted by Gasteiger charge is 2.18. The molecule has 1 unspecified atom stereocenters. The Morgan fingerprint density at radius 2 is 1.82 bits per heavy atom. The monoisotopic (exact) mass is 306 g/mol. The summed E-state index contributed by atoms with van der Waals surface area (Å²) in [4.78, 5) is 26.1. The molecule has 0 aromatic heterocycles. The molecule has 120 valence electrons. The molecule has 1 atom stereocenters. The van der Waals surface area contributed by atoms with Gasteiger partial charge in [-0.2, -0.15) is 0 Å². The molecule has 0 saturated carbocycles. The van der Waals surface area contributed by atoms with Crippen LogP contribution in [0.1, 0.15) is 43.0 Å². The predicted molar refractivity (Wildman–Crippen MR) is 83.2 cm³/mol. The number of benzene rings is 1. The number of halogens is 1. The van der Waals surface area contributed by atoms with Gasteiger partial charge in [-0.15, -0.1) is 0 Å². The molecule has 1 saturated heterocycles. The molecule has 1 amide bonds. The Labute approximate surface area is 130 Å². The minimum absolute atomic E-state index is 0.110. The van der Waals surface area contributed by atoms with Crippen molar-refractivity contribution in [3.05, 3.63) is 35.6 Å². The first-order valence-electron chi connectivity index (χ1n) is 7.86. The van der Waals surface area contributed by atoms with E-state index in [4.69, 9.17) is 0 Å². The van der Waals surface area contributed by atoms with Crippen molar-refractivity contribution in [3.8, 4) is 0 Å². The quantitative estimate of drug-likeness (QED) is 0.787. The van der Waals surface area contributed by atoms with Crippen LogP contribution in [0.3, 0.4) is 0 Å². The zero-order valence-corrected chi connectivity index (χ0v) is 13.0. The Hall–Kier alpha value is -1.75. The van der Waals surface area contributed by atoms with Crippen LogP contribution in [-0.4, -0.2) is 42.3 Å². The molecule has 1 aliphatic rings. The van der Waals surface area contributed by atoms with Crippen molar-refractivity contribution in [2.45, 2.75) is 38.6 Å². The van der Waals surface area contributed by atoms with E-state index < -0.39 is 0 Å². The van der Waals surface area contributed by atoms with Gasteiger partial charge in [0.1, 0.15) is 5.82 Å². The molecule has 1 N–H and O–H groups in total. The zero-order valence-electron chi connectivity index (χ0n) is 13.0. The highest BCUT2D eigenvalue weighted by Crippen LogP contribution is 2.11. The van der Waals surface area contributed by atoms with Gasteiger partial charge in [0.25, 0.3) is 0 Å². The normalized spacial score (nSPS) is 16.5. The third-order valence-corrected chi connectivity index (χ3v) is 4.10. The molecule has 0 radical (unpaired) electrons. The van der Waals surface area contributed by atoms with Crippen molar-refractivity contribution >= 4 is 11.7 Å². The molecule has 0 spiro atoms. The molecule has 0 aliphatic carbocycles. The van der Waals surface area contributed by atoms with E-state index in [-0.39, 0.29) is 30.3 Å². The molecule has 1 aromatic carbocycles. The van der Waals surface area contributed by atoms with Gasteiger partial charge in [0.05, 0.1) is 0 Å². The number of carbonyl (C=O) groups excluding carboxylic acids is 2. The number of likely N-dealkylation sites (tertiary alicyclic amines) is 1. The van der Waals surface area contributed by atoms with Gasteiger partial charge in [0.15, 0.2) is 5.78 Å². The molecule has 1 heterocycles. The number of nitrogens with one attached hydrogen (secondary N) is 1. The van der Waals surface area contributed by atoms with Gasteiger partial charge in [-0.3, -0.25) is 14.5 Å². The summed E-state index contributed by atoms with van der Waals surface area (Å²) in [6, 6.07) is 5.74. The predicted octanol–water partition coefficient (Wildman–Crippen LogP) is 2.39. The van der Waals surface area contributed by atoms with Crippen LogP contribution in [0, 0.1) is 5.82 Å². The smallest absolute Gasteiger partial charge is 0.220 e. The van der Waals surface area contributed by atoms with Crippen LogP contribution in [0.5, 0.6) is 0 Å². The van der Waals surface area contributed by atoms with Crippen molar-refractivity contribution in [2.75, 3.05) is 19.6 Å². The van der Waals surface area contributed by atoms with E-state index in [1.54, 1.807) is 0 Å². The van der Waals surface area contributed by atoms with Gasteiger partial charge in [0.2, 0.25) is 5.91 Å².